The SMILES string of the molecule is CCn1nc(C)c(CCN(C)c2ccc(NC(=O)c3ccccc3Cl)cc2C(=O)O)c1C.O=C(O)C(F)(F)F. The summed E-state index contributed by atoms with van der Waals surface area (Å²) in [4.78, 5) is 35.3. The first-order valence-electron chi connectivity index (χ1n) is 11.6. The molecule has 0 aliphatic rings. The van der Waals surface area contributed by atoms with Gasteiger partial charge in [-0.1, -0.05) is 23.7 Å². The number of carbonyl (C=O) groups is 3. The lowest BCUT2D eigenvalue weighted by molar-refractivity contribution is -0.192. The van der Waals surface area contributed by atoms with E-state index >= 15 is 0 Å². The minimum absolute atomic E-state index is 0.113. The minimum Gasteiger partial charge on any atom is -0.478 e. The van der Waals surface area contributed by atoms with Crippen LogP contribution in [0.2, 0.25) is 5.02 Å². The lowest BCUT2D eigenvalue weighted by atomic mass is 10.1. The van der Waals surface area contributed by atoms with Gasteiger partial charge in [0.25, 0.3) is 5.91 Å². The Hall–Kier alpha value is -4.06. The minimum atomic E-state index is -5.08. The Morgan fingerprint density at radius 3 is 2.21 bits per heavy atom. The van der Waals surface area contributed by atoms with Crippen LogP contribution in [-0.2, 0) is 17.8 Å². The molecule has 39 heavy (non-hydrogen) atoms. The van der Waals surface area contributed by atoms with E-state index in [2.05, 4.69) is 24.3 Å². The number of likely N-dealkylation sites (N-methyl/N-ethyl adjacent to an activating group) is 1. The van der Waals surface area contributed by atoms with Crippen LogP contribution in [0.25, 0.3) is 0 Å². The summed E-state index contributed by atoms with van der Waals surface area (Å²) in [6.45, 7) is 7.54. The highest BCUT2D eigenvalue weighted by atomic mass is 35.5. The monoisotopic (exact) mass is 568 g/mol. The number of hydrogen-bond donors (Lipinski definition) is 3. The van der Waals surface area contributed by atoms with Crippen molar-refractivity contribution in [3.05, 3.63) is 75.6 Å². The number of benzene rings is 2. The molecule has 3 N–H and O–H groups in total. The first-order chi connectivity index (χ1) is 18.2. The molecule has 0 unspecified atom stereocenters. The number of carboxylic acid groups (broad SMARTS) is 2. The lowest BCUT2D eigenvalue weighted by Gasteiger charge is -2.22. The number of amides is 1. The third kappa shape index (κ3) is 8.21. The maximum atomic E-state index is 12.5. The summed E-state index contributed by atoms with van der Waals surface area (Å²) in [5.74, 6) is -4.22. The number of hydrogen-bond acceptors (Lipinski definition) is 5. The fourth-order valence-electron chi connectivity index (χ4n) is 3.77. The summed E-state index contributed by atoms with van der Waals surface area (Å²) in [7, 11) is 1.86. The molecule has 1 amide bonds. The molecular weight excluding hydrogens is 541 g/mol. The molecule has 0 aliphatic heterocycles. The molecule has 0 aliphatic carbocycles. The maximum absolute atomic E-state index is 12.5. The van der Waals surface area contributed by atoms with Crippen LogP contribution in [0.15, 0.2) is 42.5 Å². The zero-order chi connectivity index (χ0) is 29.5. The number of nitrogens with zero attached hydrogens (tertiary/aromatic N) is 3. The Morgan fingerprint density at radius 1 is 1.08 bits per heavy atom. The summed E-state index contributed by atoms with van der Waals surface area (Å²) in [5, 5.41) is 24.5. The average Bonchev–Trinajstić information content (AvgIpc) is 3.14. The molecule has 0 saturated heterocycles. The van der Waals surface area contributed by atoms with Crippen LogP contribution in [0.5, 0.6) is 0 Å². The highest BCUT2D eigenvalue weighted by Crippen LogP contribution is 2.26. The molecule has 1 aromatic heterocycles. The predicted octanol–water partition coefficient (Wildman–Crippen LogP) is 5.44. The van der Waals surface area contributed by atoms with Crippen LogP contribution in [0.4, 0.5) is 24.5 Å². The molecule has 0 spiro atoms. The van der Waals surface area contributed by atoms with Crippen LogP contribution in [0.1, 0.15) is 44.6 Å². The third-order valence-electron chi connectivity index (χ3n) is 5.79. The number of halogens is 4. The Bertz CT molecular complexity index is 1360. The van der Waals surface area contributed by atoms with Crippen molar-refractivity contribution in [1.29, 1.82) is 0 Å². The van der Waals surface area contributed by atoms with E-state index in [-0.39, 0.29) is 5.56 Å². The van der Waals surface area contributed by atoms with E-state index in [1.54, 1.807) is 36.4 Å². The fraction of sp³-hybridized carbons (Fsp3) is 0.308. The number of carboxylic acids is 2. The number of aromatic carboxylic acids is 1. The van der Waals surface area contributed by atoms with Crippen molar-refractivity contribution >= 4 is 40.8 Å². The molecule has 0 saturated carbocycles. The highest BCUT2D eigenvalue weighted by Gasteiger charge is 2.38. The van der Waals surface area contributed by atoms with Crippen LogP contribution >= 0.6 is 11.6 Å². The van der Waals surface area contributed by atoms with E-state index in [1.807, 2.05) is 23.6 Å². The van der Waals surface area contributed by atoms with Gasteiger partial charge in [0.2, 0.25) is 0 Å². The van der Waals surface area contributed by atoms with Gasteiger partial charge in [-0.05, 0) is 63.1 Å². The second-order valence-corrected chi connectivity index (χ2v) is 8.82. The van der Waals surface area contributed by atoms with Gasteiger partial charge in [0, 0.05) is 31.5 Å². The second-order valence-electron chi connectivity index (χ2n) is 8.41. The van der Waals surface area contributed by atoms with Crippen molar-refractivity contribution in [3.8, 4) is 0 Å². The Morgan fingerprint density at radius 2 is 1.69 bits per heavy atom. The Balaban J connectivity index is 0.000000673. The van der Waals surface area contributed by atoms with Gasteiger partial charge >= 0.3 is 18.1 Å². The largest absolute Gasteiger partial charge is 0.490 e. The lowest BCUT2D eigenvalue weighted by Crippen LogP contribution is -2.23. The van der Waals surface area contributed by atoms with E-state index in [1.165, 1.54) is 11.6 Å². The third-order valence-corrected chi connectivity index (χ3v) is 6.11. The van der Waals surface area contributed by atoms with E-state index < -0.39 is 24.0 Å². The molecule has 1 heterocycles. The summed E-state index contributed by atoms with van der Waals surface area (Å²) >= 11 is 6.08. The van der Waals surface area contributed by atoms with Gasteiger partial charge in [0.1, 0.15) is 0 Å². The number of nitrogens with one attached hydrogen (secondary N) is 1. The summed E-state index contributed by atoms with van der Waals surface area (Å²) in [5.41, 5.74) is 4.71. The highest BCUT2D eigenvalue weighted by molar-refractivity contribution is 6.34. The van der Waals surface area contributed by atoms with Crippen molar-refractivity contribution in [2.45, 2.75) is 39.9 Å². The normalized spacial score (nSPS) is 10.9. The van der Waals surface area contributed by atoms with Crippen molar-refractivity contribution < 1.29 is 37.8 Å². The summed E-state index contributed by atoms with van der Waals surface area (Å²) in [6.07, 6.45) is -4.34. The van der Waals surface area contributed by atoms with Crippen molar-refractivity contribution in [2.24, 2.45) is 0 Å². The van der Waals surface area contributed by atoms with Crippen LogP contribution in [-0.4, -0.2) is 57.6 Å². The summed E-state index contributed by atoms with van der Waals surface area (Å²) in [6, 6.07) is 11.6. The average molecular weight is 569 g/mol. The molecule has 2 aromatic carbocycles. The molecule has 3 rings (SSSR count). The number of aliphatic carboxylic acids is 1. The standard InChI is InChI=1S/C24H27ClN4O3.C2HF3O2/c1-5-29-16(3)18(15(2)27-29)12-13-28(4)22-11-10-17(14-20(22)24(31)32)26-23(30)19-8-6-7-9-21(19)25;3-2(4,5)1(6)7/h6-11,14H,5,12-13H2,1-4H3,(H,26,30)(H,31,32);(H,6,7). The van der Waals surface area contributed by atoms with E-state index in [0.717, 1.165) is 24.4 Å². The quantitative estimate of drug-likeness (QED) is 0.331. The Labute approximate surface area is 227 Å². The fourth-order valence-corrected chi connectivity index (χ4v) is 3.99. The van der Waals surface area contributed by atoms with Gasteiger partial charge in [-0.25, -0.2) is 9.59 Å². The molecule has 0 atom stereocenters. The van der Waals surface area contributed by atoms with Gasteiger partial charge in [-0.15, -0.1) is 0 Å². The number of alkyl halides is 3. The van der Waals surface area contributed by atoms with Gasteiger partial charge in [-0.3, -0.25) is 9.48 Å². The number of carbonyl (C=O) groups excluding carboxylic acids is 1. The summed E-state index contributed by atoms with van der Waals surface area (Å²) < 4.78 is 33.7. The molecule has 9 nitrogen and oxygen atoms in total. The van der Waals surface area contributed by atoms with Crippen LogP contribution in [0, 0.1) is 13.8 Å². The molecule has 0 fully saturated rings. The first kappa shape index (κ1) is 31.2. The maximum Gasteiger partial charge on any atom is 0.490 e. The number of anilines is 2. The molecule has 0 bridgehead atoms. The van der Waals surface area contributed by atoms with E-state index in [4.69, 9.17) is 21.5 Å². The van der Waals surface area contributed by atoms with Crippen molar-refractivity contribution in [1.82, 2.24) is 9.78 Å². The van der Waals surface area contributed by atoms with Gasteiger partial charge in [0.15, 0.2) is 0 Å². The molecule has 13 heteroatoms. The zero-order valence-corrected chi connectivity index (χ0v) is 22.4. The van der Waals surface area contributed by atoms with Crippen LogP contribution in [0.3, 0.4) is 0 Å². The van der Waals surface area contributed by atoms with Gasteiger partial charge in [-0.2, -0.15) is 18.3 Å². The molecule has 210 valence electrons. The van der Waals surface area contributed by atoms with E-state index in [9.17, 15) is 27.9 Å². The number of aromatic nitrogens is 2. The van der Waals surface area contributed by atoms with Gasteiger partial charge in [0.05, 0.1) is 27.5 Å². The topological polar surface area (TPSA) is 125 Å². The van der Waals surface area contributed by atoms with Crippen molar-refractivity contribution in [2.75, 3.05) is 23.8 Å². The predicted molar refractivity (Wildman–Crippen MR) is 141 cm³/mol. The zero-order valence-electron chi connectivity index (χ0n) is 21.6. The number of aryl methyl sites for hydroxylation is 2. The molecule has 3 aromatic rings. The number of rotatable bonds is 8. The smallest absolute Gasteiger partial charge is 0.478 e. The van der Waals surface area contributed by atoms with E-state index in [0.29, 0.717) is 28.5 Å². The first-order valence-corrected chi connectivity index (χ1v) is 12.0. The van der Waals surface area contributed by atoms with Crippen molar-refractivity contribution in [3.63, 3.8) is 0 Å². The van der Waals surface area contributed by atoms with Gasteiger partial charge < -0.3 is 20.4 Å². The molecular formula is C26H28ClF3N4O5. The Kier molecular flexibility index (Phi) is 10.5. The molecule has 0 radical (unpaired) electrons. The second kappa shape index (κ2) is 13.1. The van der Waals surface area contributed by atoms with Crippen LogP contribution < -0.4 is 10.2 Å².